The lowest BCUT2D eigenvalue weighted by Gasteiger charge is -2.23. The summed E-state index contributed by atoms with van der Waals surface area (Å²) >= 11 is 0. The standard InChI is InChI=1S/C24H22N2O3/c1-17-8-10-20(14-18(17)2)26(13-5-12-25)24(28)16-29-23-11-9-19-6-3-4-7-21(19)22(23)15-27/h3-4,6-11,14-15H,5,13,16H2,1-2H3. The SMILES string of the molecule is Cc1ccc(N(CCC#N)C(=O)COc2ccc3ccccc3c2C=O)cc1C. The lowest BCUT2D eigenvalue weighted by molar-refractivity contribution is -0.120. The van der Waals surface area contributed by atoms with Crippen molar-refractivity contribution < 1.29 is 14.3 Å². The summed E-state index contributed by atoms with van der Waals surface area (Å²) in [6.07, 6.45) is 0.965. The van der Waals surface area contributed by atoms with Gasteiger partial charge in [0.15, 0.2) is 12.9 Å². The van der Waals surface area contributed by atoms with Crippen molar-refractivity contribution in [3.05, 3.63) is 71.3 Å². The molecule has 0 fully saturated rings. The monoisotopic (exact) mass is 386 g/mol. The molecule has 0 saturated carbocycles. The zero-order valence-corrected chi connectivity index (χ0v) is 16.5. The maximum Gasteiger partial charge on any atom is 0.264 e. The van der Waals surface area contributed by atoms with E-state index in [2.05, 4.69) is 6.07 Å². The van der Waals surface area contributed by atoms with Gasteiger partial charge in [-0.1, -0.05) is 36.4 Å². The van der Waals surface area contributed by atoms with E-state index in [1.54, 1.807) is 11.0 Å². The van der Waals surface area contributed by atoms with Gasteiger partial charge in [0, 0.05) is 12.2 Å². The maximum atomic E-state index is 12.9. The van der Waals surface area contributed by atoms with Gasteiger partial charge >= 0.3 is 0 Å². The fourth-order valence-electron chi connectivity index (χ4n) is 3.19. The van der Waals surface area contributed by atoms with Crippen molar-refractivity contribution in [2.45, 2.75) is 20.3 Å². The molecule has 0 saturated heterocycles. The molecule has 0 aliphatic rings. The van der Waals surface area contributed by atoms with Crippen LogP contribution in [0.5, 0.6) is 5.75 Å². The van der Waals surface area contributed by atoms with Crippen LogP contribution in [0.3, 0.4) is 0 Å². The number of aldehydes is 1. The van der Waals surface area contributed by atoms with Gasteiger partial charge in [0.2, 0.25) is 0 Å². The predicted octanol–water partition coefficient (Wildman–Crippen LogP) is 4.59. The minimum atomic E-state index is -0.270. The highest BCUT2D eigenvalue weighted by atomic mass is 16.5. The van der Waals surface area contributed by atoms with Crippen LogP contribution in [0.4, 0.5) is 5.69 Å². The van der Waals surface area contributed by atoms with Crippen LogP contribution in [0.1, 0.15) is 27.9 Å². The molecule has 0 aromatic heterocycles. The summed E-state index contributed by atoms with van der Waals surface area (Å²) in [4.78, 5) is 26.1. The zero-order chi connectivity index (χ0) is 20.8. The van der Waals surface area contributed by atoms with Gasteiger partial charge in [0.05, 0.1) is 18.1 Å². The van der Waals surface area contributed by atoms with Crippen molar-refractivity contribution in [2.24, 2.45) is 0 Å². The quantitative estimate of drug-likeness (QED) is 0.557. The summed E-state index contributed by atoms with van der Waals surface area (Å²) in [6, 6.07) is 18.9. The molecule has 3 rings (SSSR count). The average Bonchev–Trinajstić information content (AvgIpc) is 2.74. The molecule has 3 aromatic carbocycles. The number of hydrogen-bond donors (Lipinski definition) is 0. The molecule has 1 amide bonds. The fourth-order valence-corrected chi connectivity index (χ4v) is 3.19. The predicted molar refractivity (Wildman–Crippen MR) is 113 cm³/mol. The molecule has 5 nitrogen and oxygen atoms in total. The number of amides is 1. The van der Waals surface area contributed by atoms with Crippen LogP contribution < -0.4 is 9.64 Å². The van der Waals surface area contributed by atoms with Crippen LogP contribution in [0.15, 0.2) is 54.6 Å². The van der Waals surface area contributed by atoms with Crippen molar-refractivity contribution in [3.8, 4) is 11.8 Å². The second kappa shape index (κ2) is 9.03. The van der Waals surface area contributed by atoms with Crippen molar-refractivity contribution in [1.82, 2.24) is 0 Å². The van der Waals surface area contributed by atoms with Crippen molar-refractivity contribution in [2.75, 3.05) is 18.1 Å². The Balaban J connectivity index is 1.83. The average molecular weight is 386 g/mol. The van der Waals surface area contributed by atoms with Crippen LogP contribution in [-0.2, 0) is 4.79 Å². The number of benzene rings is 3. The Hall–Kier alpha value is -3.65. The van der Waals surface area contributed by atoms with Gasteiger partial charge in [-0.3, -0.25) is 9.59 Å². The number of aryl methyl sites for hydroxylation is 2. The second-order valence-electron chi connectivity index (χ2n) is 6.83. The molecule has 146 valence electrons. The highest BCUT2D eigenvalue weighted by molar-refractivity contribution is 6.01. The van der Waals surface area contributed by atoms with E-state index in [1.165, 1.54) is 0 Å². The number of carbonyl (C=O) groups is 2. The van der Waals surface area contributed by atoms with Crippen LogP contribution in [0.2, 0.25) is 0 Å². The summed E-state index contributed by atoms with van der Waals surface area (Å²) < 4.78 is 5.73. The van der Waals surface area contributed by atoms with E-state index in [-0.39, 0.29) is 25.5 Å². The van der Waals surface area contributed by atoms with Crippen molar-refractivity contribution in [1.29, 1.82) is 5.26 Å². The number of nitrogens with zero attached hydrogens (tertiary/aromatic N) is 2. The third-order valence-corrected chi connectivity index (χ3v) is 4.95. The molecule has 0 N–H and O–H groups in total. The Bertz CT molecular complexity index is 1100. The Kier molecular flexibility index (Phi) is 6.25. The molecule has 0 aliphatic carbocycles. The lowest BCUT2D eigenvalue weighted by Crippen LogP contribution is -2.36. The van der Waals surface area contributed by atoms with E-state index in [1.807, 2.05) is 62.4 Å². The van der Waals surface area contributed by atoms with Crippen LogP contribution >= 0.6 is 0 Å². The Morgan fingerprint density at radius 2 is 1.90 bits per heavy atom. The first-order chi connectivity index (χ1) is 14.0. The Morgan fingerprint density at radius 1 is 1.10 bits per heavy atom. The molecule has 0 heterocycles. The molecular formula is C24H22N2O3. The molecule has 5 heteroatoms. The number of anilines is 1. The first-order valence-electron chi connectivity index (χ1n) is 9.39. The third kappa shape index (κ3) is 4.44. The van der Waals surface area contributed by atoms with E-state index >= 15 is 0 Å². The molecule has 3 aromatic rings. The van der Waals surface area contributed by atoms with E-state index in [0.717, 1.165) is 33.9 Å². The van der Waals surface area contributed by atoms with Gasteiger partial charge in [-0.15, -0.1) is 0 Å². The van der Waals surface area contributed by atoms with Crippen molar-refractivity contribution in [3.63, 3.8) is 0 Å². The molecular weight excluding hydrogens is 364 g/mol. The van der Waals surface area contributed by atoms with Crippen LogP contribution in [0, 0.1) is 25.2 Å². The van der Waals surface area contributed by atoms with Crippen LogP contribution in [-0.4, -0.2) is 25.3 Å². The minimum Gasteiger partial charge on any atom is -0.483 e. The molecule has 0 bridgehead atoms. The summed E-state index contributed by atoms with van der Waals surface area (Å²) in [7, 11) is 0. The molecule has 0 spiro atoms. The highest BCUT2D eigenvalue weighted by Crippen LogP contribution is 2.27. The topological polar surface area (TPSA) is 70.4 Å². The largest absolute Gasteiger partial charge is 0.483 e. The normalized spacial score (nSPS) is 10.4. The van der Waals surface area contributed by atoms with E-state index < -0.39 is 0 Å². The number of nitriles is 1. The Labute approximate surface area is 170 Å². The number of hydrogen-bond acceptors (Lipinski definition) is 4. The summed E-state index contributed by atoms with van der Waals surface area (Å²) in [6.45, 7) is 4.04. The molecule has 29 heavy (non-hydrogen) atoms. The summed E-state index contributed by atoms with van der Waals surface area (Å²) in [5.41, 5.74) is 3.34. The molecule has 0 radical (unpaired) electrons. The second-order valence-corrected chi connectivity index (χ2v) is 6.83. The van der Waals surface area contributed by atoms with Gasteiger partial charge in [-0.05, 0) is 53.9 Å². The number of carbonyl (C=O) groups excluding carboxylic acids is 2. The first kappa shape index (κ1) is 20.1. The number of fused-ring (bicyclic) bond motifs is 1. The molecule has 0 atom stereocenters. The van der Waals surface area contributed by atoms with Gasteiger partial charge in [0.25, 0.3) is 5.91 Å². The summed E-state index contributed by atoms with van der Waals surface area (Å²) in [5, 5.41) is 10.7. The highest BCUT2D eigenvalue weighted by Gasteiger charge is 2.18. The van der Waals surface area contributed by atoms with E-state index in [9.17, 15) is 9.59 Å². The number of rotatable bonds is 7. The third-order valence-electron chi connectivity index (χ3n) is 4.95. The maximum absolute atomic E-state index is 12.9. The lowest BCUT2D eigenvalue weighted by atomic mass is 10.0. The first-order valence-corrected chi connectivity index (χ1v) is 9.39. The number of ether oxygens (including phenoxy) is 1. The van der Waals surface area contributed by atoms with E-state index in [4.69, 9.17) is 10.00 Å². The Morgan fingerprint density at radius 3 is 2.62 bits per heavy atom. The molecule has 0 unspecified atom stereocenters. The smallest absolute Gasteiger partial charge is 0.264 e. The zero-order valence-electron chi connectivity index (χ0n) is 16.5. The van der Waals surface area contributed by atoms with Gasteiger partial charge in [-0.25, -0.2) is 0 Å². The molecule has 0 aliphatic heterocycles. The summed E-state index contributed by atoms with van der Waals surface area (Å²) in [5.74, 6) is 0.0980. The van der Waals surface area contributed by atoms with E-state index in [0.29, 0.717) is 11.3 Å². The van der Waals surface area contributed by atoms with Gasteiger partial charge in [-0.2, -0.15) is 5.26 Å². The van der Waals surface area contributed by atoms with Gasteiger partial charge in [0.1, 0.15) is 5.75 Å². The minimum absolute atomic E-state index is 0.216. The van der Waals surface area contributed by atoms with Gasteiger partial charge < -0.3 is 9.64 Å². The van der Waals surface area contributed by atoms with Crippen molar-refractivity contribution >= 4 is 28.7 Å². The van der Waals surface area contributed by atoms with Crippen LogP contribution in [0.25, 0.3) is 10.8 Å². The fraction of sp³-hybridized carbons (Fsp3) is 0.208.